The van der Waals surface area contributed by atoms with Crippen LogP contribution in [0.15, 0.2) is 29.1 Å². The molecule has 0 atom stereocenters. The summed E-state index contributed by atoms with van der Waals surface area (Å²) in [4.78, 5) is 24.6. The first-order chi connectivity index (χ1) is 7.09. The number of hydrogen-bond donors (Lipinski definition) is 3. The normalized spacial score (nSPS) is 10.4. The first-order valence-electron chi connectivity index (χ1n) is 4.18. The van der Waals surface area contributed by atoms with Gasteiger partial charge in [0.15, 0.2) is 5.43 Å². The van der Waals surface area contributed by atoms with E-state index in [-0.39, 0.29) is 22.3 Å². The van der Waals surface area contributed by atoms with Gasteiger partial charge in [0.25, 0.3) is 0 Å². The highest BCUT2D eigenvalue weighted by Crippen LogP contribution is 2.19. The van der Waals surface area contributed by atoms with Gasteiger partial charge < -0.3 is 15.2 Å². The number of fused-ring (bicyclic) bond motifs is 1. The maximum atomic E-state index is 11.5. The summed E-state index contributed by atoms with van der Waals surface area (Å²) in [7, 11) is 0. The summed E-state index contributed by atoms with van der Waals surface area (Å²) in [5, 5.41) is 18.4. The molecule has 0 spiro atoms. The molecule has 1 aromatic carbocycles. The number of pyridine rings is 1. The van der Waals surface area contributed by atoms with E-state index in [2.05, 4.69) is 4.98 Å². The number of aromatic hydroxyl groups is 1. The van der Waals surface area contributed by atoms with E-state index in [1.54, 1.807) is 0 Å². The molecule has 5 heteroatoms. The Morgan fingerprint density at radius 1 is 1.33 bits per heavy atom. The zero-order valence-electron chi connectivity index (χ0n) is 7.52. The van der Waals surface area contributed by atoms with Gasteiger partial charge >= 0.3 is 5.97 Å². The maximum absolute atomic E-state index is 11.5. The molecule has 0 aliphatic rings. The SMILES string of the molecule is O=C(O)c1cc(=O)[13c]2[13cH][13cH][13cH][13c](O)[13c]2[nH]1. The smallest absolute Gasteiger partial charge is 0.352 e. The highest BCUT2D eigenvalue weighted by Gasteiger charge is 2.09. The fraction of sp³-hybridized carbons (Fsp3) is 0. The number of nitrogens with one attached hydrogen (secondary N) is 1. The van der Waals surface area contributed by atoms with Crippen LogP contribution in [0.1, 0.15) is 10.5 Å². The second-order valence-electron chi connectivity index (χ2n) is 3.05. The predicted octanol–water partition coefficient (Wildman–Crippen LogP) is 0.932. The average molecular weight is 211 g/mol. The number of carbonyl (C=O) groups is 1. The van der Waals surface area contributed by atoms with Crippen LogP contribution in [-0.4, -0.2) is 21.2 Å². The summed E-state index contributed by atoms with van der Waals surface area (Å²) in [5.41, 5.74) is -0.534. The van der Waals surface area contributed by atoms with Crippen molar-refractivity contribution in [1.82, 2.24) is 4.98 Å². The second-order valence-corrected chi connectivity index (χ2v) is 3.05. The minimum atomic E-state index is -1.24. The number of para-hydroxylation sites is 1. The molecule has 0 bridgehead atoms. The third-order valence-electron chi connectivity index (χ3n) is 2.07. The molecule has 5 nitrogen and oxygen atoms in total. The molecule has 2 aromatic rings. The van der Waals surface area contributed by atoms with E-state index >= 15 is 0 Å². The summed E-state index contributed by atoms with van der Waals surface area (Å²) >= 11 is 0. The van der Waals surface area contributed by atoms with Crippen molar-refractivity contribution in [2.45, 2.75) is 0 Å². The van der Waals surface area contributed by atoms with Crippen molar-refractivity contribution in [3.63, 3.8) is 0 Å². The molecule has 3 N–H and O–H groups in total. The number of phenols is 1. The number of rotatable bonds is 1. The molecule has 0 fully saturated rings. The summed E-state index contributed by atoms with van der Waals surface area (Å²) in [6.07, 6.45) is 0. The Kier molecular flexibility index (Phi) is 1.93. The highest BCUT2D eigenvalue weighted by molar-refractivity contribution is 5.91. The molecule has 0 aliphatic heterocycles. The van der Waals surface area contributed by atoms with Gasteiger partial charge in [0.1, 0.15) is 11.4 Å². The zero-order valence-corrected chi connectivity index (χ0v) is 7.52. The first-order valence-corrected chi connectivity index (χ1v) is 4.18. The number of aromatic nitrogens is 1. The van der Waals surface area contributed by atoms with Gasteiger partial charge in [-0.05, 0) is 12.1 Å². The van der Waals surface area contributed by atoms with Crippen LogP contribution in [0.5, 0.6) is 5.75 Å². The van der Waals surface area contributed by atoms with E-state index in [9.17, 15) is 14.7 Å². The van der Waals surface area contributed by atoms with Crippen LogP contribution in [-0.2, 0) is 0 Å². The van der Waals surface area contributed by atoms with Crippen molar-refractivity contribution in [3.8, 4) is 5.75 Å². The van der Waals surface area contributed by atoms with Crippen LogP contribution in [0.3, 0.4) is 0 Å². The number of aromatic carboxylic acids is 1. The Morgan fingerprint density at radius 3 is 2.73 bits per heavy atom. The Balaban J connectivity index is 2.92. The number of aromatic amines is 1. The van der Waals surface area contributed by atoms with E-state index in [1.807, 2.05) is 0 Å². The molecular formula is C10H7NO4. The summed E-state index contributed by atoms with van der Waals surface area (Å²) in [6, 6.07) is 5.40. The van der Waals surface area contributed by atoms with Gasteiger partial charge in [-0.1, -0.05) is 6.07 Å². The number of H-pyrrole nitrogens is 1. The molecule has 0 unspecified atom stereocenters. The molecule has 0 saturated carbocycles. The molecule has 0 radical (unpaired) electrons. The lowest BCUT2D eigenvalue weighted by atomic mass is 10.4. The van der Waals surface area contributed by atoms with E-state index in [4.69, 9.17) is 5.11 Å². The number of carboxylic acids is 1. The number of carboxylic acid groups (broad SMARTS) is 1. The summed E-state index contributed by atoms with van der Waals surface area (Å²) in [5.74, 6) is -1.38. The fourth-order valence-electron chi connectivity index (χ4n) is 1.37. The van der Waals surface area contributed by atoms with E-state index in [0.717, 1.165) is 6.07 Å². The third-order valence-corrected chi connectivity index (χ3v) is 2.07. The number of hydrogen-bond acceptors (Lipinski definition) is 3. The Labute approximate surface area is 83.6 Å². The van der Waals surface area contributed by atoms with Crippen molar-refractivity contribution in [3.05, 3.63) is 40.2 Å². The molecule has 1 aromatic heterocycles. The third kappa shape index (κ3) is 1.43. The largest absolute Gasteiger partial charge is 0.506 e. The van der Waals surface area contributed by atoms with Gasteiger partial charge in [-0.25, -0.2) is 4.79 Å². The lowest BCUT2D eigenvalue weighted by Crippen LogP contribution is -2.09. The molecule has 1 heterocycles. The number of benzene rings is 1. The van der Waals surface area contributed by atoms with Crippen LogP contribution < -0.4 is 5.43 Å². The Hall–Kier alpha value is -2.30. The Morgan fingerprint density at radius 2 is 2.07 bits per heavy atom. The molecule has 2 rings (SSSR count). The van der Waals surface area contributed by atoms with Crippen LogP contribution in [0.4, 0.5) is 0 Å². The van der Waals surface area contributed by atoms with Crippen molar-refractivity contribution >= 4 is 16.9 Å². The lowest BCUT2D eigenvalue weighted by molar-refractivity contribution is 0.0691. The monoisotopic (exact) mass is 211 g/mol. The first kappa shape index (κ1) is 9.26. The van der Waals surface area contributed by atoms with Gasteiger partial charge in [-0.2, -0.15) is 0 Å². The van der Waals surface area contributed by atoms with Crippen molar-refractivity contribution in [2.24, 2.45) is 0 Å². The van der Waals surface area contributed by atoms with Crippen LogP contribution in [0, 0.1) is 0 Å². The van der Waals surface area contributed by atoms with Gasteiger partial charge in [-0.3, -0.25) is 4.79 Å². The molecule has 15 heavy (non-hydrogen) atoms. The van der Waals surface area contributed by atoms with E-state index < -0.39 is 11.4 Å². The molecule has 0 saturated heterocycles. The van der Waals surface area contributed by atoms with Gasteiger partial charge in [-0.15, -0.1) is 0 Å². The zero-order chi connectivity index (χ0) is 11.0. The lowest BCUT2D eigenvalue weighted by Gasteiger charge is -2.01. The minimum Gasteiger partial charge on any atom is -0.506 e. The quantitative estimate of drug-likeness (QED) is 0.654. The van der Waals surface area contributed by atoms with Gasteiger partial charge in [0.05, 0.1) is 5.52 Å². The molecule has 0 aliphatic carbocycles. The van der Waals surface area contributed by atoms with Crippen molar-refractivity contribution in [1.29, 1.82) is 0 Å². The standard InChI is InChI=1S/C10H7NO4/c12-7-3-1-2-5-8(13)4-6(10(14)15)11-9(5)7/h1-4,12H,(H,11,13)(H,14,15)/i1+1,2+1,3+1,5+1,7+1,9+1. The van der Waals surface area contributed by atoms with Crippen LogP contribution in [0.25, 0.3) is 10.9 Å². The van der Waals surface area contributed by atoms with Crippen molar-refractivity contribution < 1.29 is 15.0 Å². The molecule has 0 amide bonds. The highest BCUT2D eigenvalue weighted by atomic mass is 16.4. The molecule has 76 valence electrons. The van der Waals surface area contributed by atoms with Crippen molar-refractivity contribution in [2.75, 3.05) is 0 Å². The molecular weight excluding hydrogens is 204 g/mol. The van der Waals surface area contributed by atoms with Crippen LogP contribution in [0.2, 0.25) is 0 Å². The summed E-state index contributed by atoms with van der Waals surface area (Å²) < 4.78 is 0. The van der Waals surface area contributed by atoms with E-state index in [0.29, 0.717) is 0 Å². The topological polar surface area (TPSA) is 90.4 Å². The maximum Gasteiger partial charge on any atom is 0.352 e. The predicted molar refractivity (Wildman–Crippen MR) is 53.2 cm³/mol. The van der Waals surface area contributed by atoms with E-state index in [1.165, 1.54) is 18.2 Å². The Bertz CT molecular complexity index is 600. The second kappa shape index (κ2) is 3.13. The number of phenolic OH excluding ortho intramolecular Hbond substituents is 1. The van der Waals surface area contributed by atoms with Gasteiger partial charge in [0, 0.05) is 11.5 Å². The van der Waals surface area contributed by atoms with Gasteiger partial charge in [0.2, 0.25) is 0 Å². The summed E-state index contributed by atoms with van der Waals surface area (Å²) in [6.45, 7) is 0. The minimum absolute atomic E-state index is 0.141. The average Bonchev–Trinajstić information content (AvgIpc) is 2.19. The fourth-order valence-corrected chi connectivity index (χ4v) is 1.37. The van der Waals surface area contributed by atoms with Crippen LogP contribution >= 0.6 is 0 Å².